The van der Waals surface area contributed by atoms with Crippen LogP contribution < -0.4 is 4.74 Å². The Morgan fingerprint density at radius 1 is 0.826 bits per heavy atom. The summed E-state index contributed by atoms with van der Waals surface area (Å²) in [6.07, 6.45) is -10.7. The highest BCUT2D eigenvalue weighted by atomic mass is 19.4. The molecule has 10 nitrogen and oxygen atoms in total. The number of halogens is 4. The molecule has 1 saturated heterocycles. The van der Waals surface area contributed by atoms with Crippen LogP contribution in [0.25, 0.3) is 0 Å². The maximum atomic E-state index is 15.1. The normalized spacial score (nSPS) is 23.5. The summed E-state index contributed by atoms with van der Waals surface area (Å²) in [5.74, 6) is -3.35. The molecular weight excluding hydrogens is 620 g/mol. The molecule has 14 heteroatoms. The molecule has 0 spiro atoms. The van der Waals surface area contributed by atoms with Crippen molar-refractivity contribution in [1.29, 1.82) is 0 Å². The minimum Gasteiger partial charge on any atom is -0.493 e. The molecule has 0 unspecified atom stereocenters. The quantitative estimate of drug-likeness (QED) is 0.187. The molecule has 1 aliphatic heterocycles. The SMILES string of the molecule is CC(=O)OC[C@H]1O[C@@H](c2ccc(F)c(Cc3ccc(OCC4(C(F)(F)F)CC4)cc3)c2)[C@H](OC(C)=O)[C@@H](OC(C)=O)[C@@H]1OC(C)=O. The summed E-state index contributed by atoms with van der Waals surface area (Å²) in [7, 11) is 0. The summed E-state index contributed by atoms with van der Waals surface area (Å²) in [6.45, 7) is 3.59. The second-order valence-corrected chi connectivity index (χ2v) is 11.4. The fourth-order valence-corrected chi connectivity index (χ4v) is 5.21. The fraction of sp³-hybridized carbons (Fsp3) is 0.500. The van der Waals surface area contributed by atoms with Gasteiger partial charge in [0.15, 0.2) is 18.3 Å². The van der Waals surface area contributed by atoms with Gasteiger partial charge in [-0.3, -0.25) is 19.2 Å². The van der Waals surface area contributed by atoms with Crippen LogP contribution >= 0.6 is 0 Å². The molecule has 1 aliphatic carbocycles. The zero-order chi connectivity index (χ0) is 33.8. The average Bonchev–Trinajstić information content (AvgIpc) is 3.76. The van der Waals surface area contributed by atoms with Gasteiger partial charge in [0, 0.05) is 34.1 Å². The Labute approximate surface area is 262 Å². The average molecular weight is 655 g/mol. The van der Waals surface area contributed by atoms with Gasteiger partial charge in [-0.2, -0.15) is 13.2 Å². The molecular formula is C32H34F4O10. The van der Waals surface area contributed by atoms with Crippen LogP contribution in [0.5, 0.6) is 5.75 Å². The van der Waals surface area contributed by atoms with Gasteiger partial charge in [-0.15, -0.1) is 0 Å². The van der Waals surface area contributed by atoms with E-state index in [1.54, 1.807) is 12.1 Å². The number of ether oxygens (including phenoxy) is 6. The van der Waals surface area contributed by atoms with E-state index in [9.17, 15) is 32.3 Å². The summed E-state index contributed by atoms with van der Waals surface area (Å²) in [4.78, 5) is 47.9. The Balaban J connectivity index is 1.61. The second kappa shape index (κ2) is 14.1. The van der Waals surface area contributed by atoms with Crippen molar-refractivity contribution in [2.75, 3.05) is 13.2 Å². The van der Waals surface area contributed by atoms with Crippen LogP contribution in [0.2, 0.25) is 0 Å². The molecule has 2 aromatic carbocycles. The standard InChI is InChI=1S/C32H34F4O10/c1-17(37)41-15-26-28(43-18(2)38)30(45-20(4)40)29(44-19(3)39)27(46-26)22-7-10-25(33)23(14-22)13-21-5-8-24(9-6-21)42-16-31(11-12-31)32(34,35)36/h5-10,14,26-30H,11-13,15-16H2,1-4H3/t26-,27+,28-,29+,30+/m1/s1. The van der Waals surface area contributed by atoms with Crippen LogP contribution in [0, 0.1) is 11.2 Å². The zero-order valence-corrected chi connectivity index (χ0v) is 25.6. The van der Waals surface area contributed by atoms with Crippen molar-refractivity contribution in [2.24, 2.45) is 5.41 Å². The number of carbonyl (C=O) groups excluding carboxylic acids is 4. The van der Waals surface area contributed by atoms with Crippen LogP contribution in [0.4, 0.5) is 17.6 Å². The van der Waals surface area contributed by atoms with Crippen LogP contribution in [-0.4, -0.2) is 67.7 Å². The van der Waals surface area contributed by atoms with Gasteiger partial charge in [0.25, 0.3) is 0 Å². The molecule has 0 radical (unpaired) electrons. The lowest BCUT2D eigenvalue weighted by Gasteiger charge is -2.44. The van der Waals surface area contributed by atoms with E-state index >= 15 is 4.39 Å². The molecule has 2 aromatic rings. The topological polar surface area (TPSA) is 124 Å². The molecule has 1 heterocycles. The van der Waals surface area contributed by atoms with Gasteiger partial charge >= 0.3 is 30.1 Å². The maximum Gasteiger partial charge on any atom is 0.397 e. The minimum atomic E-state index is -4.34. The summed E-state index contributed by atoms with van der Waals surface area (Å²) in [6, 6.07) is 10.2. The smallest absolute Gasteiger partial charge is 0.397 e. The van der Waals surface area contributed by atoms with Gasteiger partial charge in [-0.25, -0.2) is 4.39 Å². The molecule has 5 atom stereocenters. The molecule has 1 saturated carbocycles. The first-order valence-corrected chi connectivity index (χ1v) is 14.5. The lowest BCUT2D eigenvalue weighted by Crippen LogP contribution is -2.59. The molecule has 2 fully saturated rings. The Morgan fingerprint density at radius 3 is 1.96 bits per heavy atom. The summed E-state index contributed by atoms with van der Waals surface area (Å²) in [5.41, 5.74) is -0.713. The molecule has 2 aliphatic rings. The highest BCUT2D eigenvalue weighted by Crippen LogP contribution is 2.57. The van der Waals surface area contributed by atoms with Gasteiger partial charge in [0.2, 0.25) is 0 Å². The van der Waals surface area contributed by atoms with Gasteiger partial charge in [-0.1, -0.05) is 18.2 Å². The lowest BCUT2D eigenvalue weighted by molar-refractivity contribution is -0.254. The van der Waals surface area contributed by atoms with Crippen molar-refractivity contribution in [1.82, 2.24) is 0 Å². The van der Waals surface area contributed by atoms with Crippen molar-refractivity contribution < 1.29 is 65.2 Å². The minimum absolute atomic E-state index is 0.0176. The van der Waals surface area contributed by atoms with E-state index in [4.69, 9.17) is 28.4 Å². The summed E-state index contributed by atoms with van der Waals surface area (Å²) >= 11 is 0. The zero-order valence-electron chi connectivity index (χ0n) is 25.6. The summed E-state index contributed by atoms with van der Waals surface area (Å²) < 4.78 is 87.8. The third-order valence-corrected chi connectivity index (χ3v) is 7.68. The number of hydrogen-bond donors (Lipinski definition) is 0. The monoisotopic (exact) mass is 654 g/mol. The largest absolute Gasteiger partial charge is 0.493 e. The number of esters is 4. The Bertz CT molecular complexity index is 1440. The molecule has 0 N–H and O–H groups in total. The highest BCUT2D eigenvalue weighted by Gasteiger charge is 2.64. The Hall–Kier alpha value is -4.20. The lowest BCUT2D eigenvalue weighted by atomic mass is 9.89. The van der Waals surface area contributed by atoms with E-state index in [1.807, 2.05) is 0 Å². The third-order valence-electron chi connectivity index (χ3n) is 7.68. The van der Waals surface area contributed by atoms with E-state index in [0.717, 1.165) is 27.7 Å². The number of carbonyl (C=O) groups is 4. The van der Waals surface area contributed by atoms with Crippen LogP contribution in [-0.2, 0) is 49.3 Å². The van der Waals surface area contributed by atoms with Crippen molar-refractivity contribution in [3.05, 3.63) is 65.0 Å². The first-order chi connectivity index (χ1) is 21.6. The van der Waals surface area contributed by atoms with E-state index in [1.165, 1.54) is 30.3 Å². The van der Waals surface area contributed by atoms with E-state index in [-0.39, 0.29) is 30.6 Å². The van der Waals surface area contributed by atoms with E-state index < -0.39 is 85.0 Å². The Morgan fingerprint density at radius 2 is 1.41 bits per heavy atom. The first-order valence-electron chi connectivity index (χ1n) is 14.5. The van der Waals surface area contributed by atoms with Crippen molar-refractivity contribution >= 4 is 23.9 Å². The van der Waals surface area contributed by atoms with E-state index in [2.05, 4.69) is 0 Å². The van der Waals surface area contributed by atoms with Crippen LogP contribution in [0.15, 0.2) is 42.5 Å². The maximum absolute atomic E-state index is 15.1. The van der Waals surface area contributed by atoms with Crippen molar-refractivity contribution in [3.63, 3.8) is 0 Å². The van der Waals surface area contributed by atoms with E-state index in [0.29, 0.717) is 11.1 Å². The van der Waals surface area contributed by atoms with Crippen molar-refractivity contribution in [2.45, 2.75) is 83.7 Å². The number of hydrogen-bond acceptors (Lipinski definition) is 10. The predicted octanol–water partition coefficient (Wildman–Crippen LogP) is 4.94. The number of benzene rings is 2. The third kappa shape index (κ3) is 8.53. The van der Waals surface area contributed by atoms with Crippen LogP contribution in [0.1, 0.15) is 63.3 Å². The molecule has 4 rings (SSSR count). The molecule has 250 valence electrons. The number of rotatable bonds is 11. The molecule has 46 heavy (non-hydrogen) atoms. The first kappa shape index (κ1) is 34.7. The van der Waals surface area contributed by atoms with Gasteiger partial charge in [-0.05, 0) is 53.8 Å². The molecule has 0 aromatic heterocycles. The highest BCUT2D eigenvalue weighted by molar-refractivity contribution is 5.69. The van der Waals surface area contributed by atoms with Gasteiger partial charge in [0.1, 0.15) is 42.4 Å². The second-order valence-electron chi connectivity index (χ2n) is 11.4. The van der Waals surface area contributed by atoms with Gasteiger partial charge < -0.3 is 28.4 Å². The number of alkyl halides is 3. The Kier molecular flexibility index (Phi) is 10.6. The fourth-order valence-electron chi connectivity index (χ4n) is 5.21. The summed E-state index contributed by atoms with van der Waals surface area (Å²) in [5, 5.41) is 0. The molecule has 0 amide bonds. The molecule has 0 bridgehead atoms. The van der Waals surface area contributed by atoms with Crippen molar-refractivity contribution in [3.8, 4) is 5.75 Å². The van der Waals surface area contributed by atoms with Crippen LogP contribution in [0.3, 0.4) is 0 Å². The van der Waals surface area contributed by atoms with Gasteiger partial charge in [0.05, 0.1) is 0 Å². The predicted molar refractivity (Wildman–Crippen MR) is 150 cm³/mol.